The van der Waals surface area contributed by atoms with Crippen LogP contribution in [-0.4, -0.2) is 46.0 Å². The van der Waals surface area contributed by atoms with Gasteiger partial charge in [-0.05, 0) is 44.8 Å². The third-order valence-electron chi connectivity index (χ3n) is 3.08. The normalized spacial score (nSPS) is 20.1. The zero-order chi connectivity index (χ0) is 13.4. The van der Waals surface area contributed by atoms with Crippen LogP contribution in [0.1, 0.15) is 39.0 Å². The lowest BCUT2D eigenvalue weighted by molar-refractivity contribution is 0.113. The molecule has 0 aromatic carbocycles. The van der Waals surface area contributed by atoms with Crippen molar-refractivity contribution in [2.75, 3.05) is 18.1 Å². The van der Waals surface area contributed by atoms with Gasteiger partial charge in [-0.3, -0.25) is 5.32 Å². The molecule has 3 N–H and O–H groups in total. The highest BCUT2D eigenvalue weighted by Gasteiger charge is 2.31. The molecule has 2 atom stereocenters. The lowest BCUT2D eigenvalue weighted by Gasteiger charge is -2.23. The van der Waals surface area contributed by atoms with Crippen LogP contribution in [0, 0.1) is 11.3 Å². The molecule has 0 saturated heterocycles. The van der Waals surface area contributed by atoms with E-state index in [1.807, 2.05) is 6.92 Å². The van der Waals surface area contributed by atoms with Gasteiger partial charge in [0.25, 0.3) is 0 Å². The van der Waals surface area contributed by atoms with Crippen molar-refractivity contribution in [1.82, 2.24) is 5.32 Å². The van der Waals surface area contributed by atoms with Gasteiger partial charge >= 0.3 is 0 Å². The number of aliphatic hydroxyl groups excluding tert-OH is 2. The van der Waals surface area contributed by atoms with Gasteiger partial charge in [0.2, 0.25) is 0 Å². The number of thioether (sulfide) groups is 1. The molecule has 104 valence electrons. The Morgan fingerprint density at radius 1 is 1.50 bits per heavy atom. The van der Waals surface area contributed by atoms with Gasteiger partial charge in [0.05, 0.1) is 18.8 Å². The molecular weight excluding hydrogens is 248 g/mol. The van der Waals surface area contributed by atoms with Gasteiger partial charge in [0, 0.05) is 11.8 Å². The van der Waals surface area contributed by atoms with Crippen LogP contribution in [0.5, 0.6) is 0 Å². The minimum absolute atomic E-state index is 0.162. The predicted molar refractivity (Wildman–Crippen MR) is 74.4 cm³/mol. The van der Waals surface area contributed by atoms with E-state index in [1.165, 1.54) is 12.8 Å². The standard InChI is InChI=1S/C13H24N2O2S/c1-13(10-14,15-11-4-5-11)6-2-3-7-18-9-12(17)8-16/h11-12,15-17H,2-9H2,1H3. The maximum Gasteiger partial charge on any atom is 0.104 e. The van der Waals surface area contributed by atoms with Gasteiger partial charge in [0.1, 0.15) is 5.54 Å². The Morgan fingerprint density at radius 2 is 2.22 bits per heavy atom. The molecule has 0 aromatic heterocycles. The minimum Gasteiger partial charge on any atom is -0.394 e. The van der Waals surface area contributed by atoms with Crippen molar-refractivity contribution < 1.29 is 10.2 Å². The number of nitrogens with one attached hydrogen (secondary N) is 1. The number of rotatable bonds is 10. The quantitative estimate of drug-likeness (QED) is 0.522. The first-order chi connectivity index (χ1) is 8.59. The monoisotopic (exact) mass is 272 g/mol. The Labute approximate surface area is 114 Å². The van der Waals surface area contributed by atoms with Crippen molar-refractivity contribution in [3.63, 3.8) is 0 Å². The first-order valence-electron chi connectivity index (χ1n) is 6.65. The molecule has 5 heteroatoms. The van der Waals surface area contributed by atoms with Crippen molar-refractivity contribution in [2.45, 2.75) is 56.7 Å². The highest BCUT2D eigenvalue weighted by Crippen LogP contribution is 2.25. The molecule has 0 amide bonds. The summed E-state index contributed by atoms with van der Waals surface area (Å²) in [6.07, 6.45) is 4.75. The Hall–Kier alpha value is -0.280. The van der Waals surface area contributed by atoms with Crippen LogP contribution in [0.2, 0.25) is 0 Å². The maximum absolute atomic E-state index is 9.19. The van der Waals surface area contributed by atoms with Gasteiger partial charge in [0.15, 0.2) is 0 Å². The molecule has 1 aliphatic rings. The number of nitrogens with zero attached hydrogens (tertiary/aromatic N) is 1. The molecule has 2 unspecified atom stereocenters. The zero-order valence-electron chi connectivity index (χ0n) is 11.1. The van der Waals surface area contributed by atoms with Crippen molar-refractivity contribution in [1.29, 1.82) is 5.26 Å². The van der Waals surface area contributed by atoms with Crippen molar-refractivity contribution in [2.24, 2.45) is 0 Å². The van der Waals surface area contributed by atoms with E-state index in [0.717, 1.165) is 25.0 Å². The zero-order valence-corrected chi connectivity index (χ0v) is 11.9. The molecule has 1 fully saturated rings. The summed E-state index contributed by atoms with van der Waals surface area (Å²) in [4.78, 5) is 0. The average molecular weight is 272 g/mol. The molecule has 0 aliphatic heterocycles. The first-order valence-corrected chi connectivity index (χ1v) is 7.81. The summed E-state index contributed by atoms with van der Waals surface area (Å²) in [7, 11) is 0. The fraction of sp³-hybridized carbons (Fsp3) is 0.923. The number of aliphatic hydroxyl groups is 2. The SMILES string of the molecule is CC(C#N)(CCCCSCC(O)CO)NC1CC1. The largest absolute Gasteiger partial charge is 0.394 e. The second-order valence-electron chi connectivity index (χ2n) is 5.23. The average Bonchev–Trinajstić information content (AvgIpc) is 3.17. The van der Waals surface area contributed by atoms with E-state index in [4.69, 9.17) is 10.2 Å². The highest BCUT2D eigenvalue weighted by molar-refractivity contribution is 7.99. The Bertz CT molecular complexity index is 279. The molecule has 1 rings (SSSR count). The van der Waals surface area contributed by atoms with Crippen molar-refractivity contribution in [3.05, 3.63) is 0 Å². The molecule has 1 saturated carbocycles. The van der Waals surface area contributed by atoms with E-state index in [2.05, 4.69) is 11.4 Å². The second-order valence-corrected chi connectivity index (χ2v) is 6.38. The van der Waals surface area contributed by atoms with Gasteiger partial charge in [-0.25, -0.2) is 0 Å². The van der Waals surface area contributed by atoms with Crippen LogP contribution in [0.3, 0.4) is 0 Å². The fourth-order valence-corrected chi connectivity index (χ4v) is 2.75. The smallest absolute Gasteiger partial charge is 0.104 e. The topological polar surface area (TPSA) is 76.3 Å². The summed E-state index contributed by atoms with van der Waals surface area (Å²) in [5.41, 5.74) is -0.379. The Morgan fingerprint density at radius 3 is 2.78 bits per heavy atom. The summed E-state index contributed by atoms with van der Waals surface area (Å²) in [5.74, 6) is 1.56. The lowest BCUT2D eigenvalue weighted by atomic mass is 9.96. The summed E-state index contributed by atoms with van der Waals surface area (Å²) in [5, 5.41) is 30.4. The van der Waals surface area contributed by atoms with Crippen molar-refractivity contribution >= 4 is 11.8 Å². The van der Waals surface area contributed by atoms with Crippen LogP contribution >= 0.6 is 11.8 Å². The molecule has 0 spiro atoms. The van der Waals surface area contributed by atoms with Gasteiger partial charge in [-0.15, -0.1) is 0 Å². The van der Waals surface area contributed by atoms with E-state index in [9.17, 15) is 5.26 Å². The van der Waals surface area contributed by atoms with Crippen LogP contribution in [0.4, 0.5) is 0 Å². The van der Waals surface area contributed by atoms with E-state index in [1.54, 1.807) is 11.8 Å². The third-order valence-corrected chi connectivity index (χ3v) is 4.28. The number of nitriles is 1. The molecular formula is C13H24N2O2S. The van der Waals surface area contributed by atoms with Crippen LogP contribution in [0.25, 0.3) is 0 Å². The minimum atomic E-state index is -0.601. The van der Waals surface area contributed by atoms with Crippen LogP contribution < -0.4 is 5.32 Å². The predicted octanol–water partition coefficient (Wildman–Crippen LogP) is 1.28. The van der Waals surface area contributed by atoms with E-state index in [-0.39, 0.29) is 12.1 Å². The van der Waals surface area contributed by atoms with Crippen LogP contribution in [-0.2, 0) is 0 Å². The Kier molecular flexibility index (Phi) is 7.02. The van der Waals surface area contributed by atoms with Gasteiger partial charge in [-0.1, -0.05) is 0 Å². The van der Waals surface area contributed by atoms with E-state index in [0.29, 0.717) is 11.8 Å². The number of unbranched alkanes of at least 4 members (excludes halogenated alkanes) is 1. The van der Waals surface area contributed by atoms with Crippen LogP contribution in [0.15, 0.2) is 0 Å². The van der Waals surface area contributed by atoms with E-state index >= 15 is 0 Å². The summed E-state index contributed by atoms with van der Waals surface area (Å²) in [6.45, 7) is 1.82. The molecule has 0 heterocycles. The summed E-state index contributed by atoms with van der Waals surface area (Å²) < 4.78 is 0. The first kappa shape index (κ1) is 15.8. The molecule has 1 aliphatic carbocycles. The maximum atomic E-state index is 9.19. The molecule has 0 bridgehead atoms. The second kappa shape index (κ2) is 8.00. The number of hydrogen-bond acceptors (Lipinski definition) is 5. The third kappa shape index (κ3) is 6.60. The molecule has 0 radical (unpaired) electrons. The Balaban J connectivity index is 2.03. The van der Waals surface area contributed by atoms with Gasteiger partial charge in [-0.2, -0.15) is 17.0 Å². The summed E-state index contributed by atoms with van der Waals surface area (Å²) >= 11 is 1.66. The lowest BCUT2D eigenvalue weighted by Crippen LogP contribution is -2.42. The number of hydrogen-bond donors (Lipinski definition) is 3. The van der Waals surface area contributed by atoms with Crippen molar-refractivity contribution in [3.8, 4) is 6.07 Å². The molecule has 4 nitrogen and oxygen atoms in total. The molecule has 18 heavy (non-hydrogen) atoms. The van der Waals surface area contributed by atoms with E-state index < -0.39 is 6.10 Å². The highest BCUT2D eigenvalue weighted by atomic mass is 32.2. The molecule has 0 aromatic rings. The van der Waals surface area contributed by atoms with Gasteiger partial charge < -0.3 is 10.2 Å². The fourth-order valence-electron chi connectivity index (χ4n) is 1.79. The summed E-state index contributed by atoms with van der Waals surface area (Å²) in [6, 6.07) is 2.94.